The van der Waals surface area contributed by atoms with Gasteiger partial charge < -0.3 is 14.2 Å². The smallest absolute Gasteiger partial charge is 0.271 e. The highest BCUT2D eigenvalue weighted by atomic mass is 16.4. The summed E-state index contributed by atoms with van der Waals surface area (Å²) in [5.74, 6) is 1.96. The third kappa shape index (κ3) is 5.11. The first-order valence-electron chi connectivity index (χ1n) is 10.7. The van der Waals surface area contributed by atoms with E-state index in [2.05, 4.69) is 67.4 Å². The van der Waals surface area contributed by atoms with E-state index in [1.807, 2.05) is 12.1 Å². The van der Waals surface area contributed by atoms with Gasteiger partial charge in [-0.2, -0.15) is 0 Å². The van der Waals surface area contributed by atoms with Crippen LogP contribution in [0.3, 0.4) is 0 Å². The summed E-state index contributed by atoms with van der Waals surface area (Å²) in [6, 6.07) is 17.4. The molecule has 3 aromatic rings. The van der Waals surface area contributed by atoms with Gasteiger partial charge in [0.15, 0.2) is 6.54 Å². The normalized spacial score (nSPS) is 19.6. The van der Waals surface area contributed by atoms with E-state index in [1.54, 1.807) is 4.90 Å². The quantitative estimate of drug-likeness (QED) is 0.671. The number of benzene rings is 2. The number of hydrogen-bond acceptors (Lipinski definition) is 3. The number of hydrogen-bond donors (Lipinski definition) is 2. The van der Waals surface area contributed by atoms with Gasteiger partial charge in [0.2, 0.25) is 5.89 Å². The van der Waals surface area contributed by atoms with E-state index in [0.29, 0.717) is 11.8 Å². The van der Waals surface area contributed by atoms with Crippen molar-refractivity contribution in [3.63, 3.8) is 0 Å². The molecule has 0 atom stereocenters. The van der Waals surface area contributed by atoms with E-state index >= 15 is 0 Å². The zero-order valence-corrected chi connectivity index (χ0v) is 17.7. The maximum absolute atomic E-state index is 5.93. The molecule has 152 valence electrons. The molecule has 1 saturated heterocycles. The third-order valence-corrected chi connectivity index (χ3v) is 5.90. The molecule has 0 amide bonds. The van der Waals surface area contributed by atoms with Crippen LogP contribution < -0.4 is 9.80 Å². The summed E-state index contributed by atoms with van der Waals surface area (Å²) in [5.41, 5.74) is 5.05. The Bertz CT molecular complexity index is 924. The molecule has 0 bridgehead atoms. The van der Waals surface area contributed by atoms with Gasteiger partial charge in [-0.15, -0.1) is 10.2 Å². The minimum Gasteiger partial charge on any atom is -0.415 e. The van der Waals surface area contributed by atoms with E-state index in [-0.39, 0.29) is 0 Å². The average molecular weight is 393 g/mol. The van der Waals surface area contributed by atoms with E-state index < -0.39 is 0 Å². The Morgan fingerprint density at radius 3 is 2.24 bits per heavy atom. The molecule has 0 spiro atoms. The molecule has 29 heavy (non-hydrogen) atoms. The van der Waals surface area contributed by atoms with E-state index in [0.717, 1.165) is 37.6 Å². The fraction of sp³-hybridized carbons (Fsp3) is 0.417. The van der Waals surface area contributed by atoms with Crippen molar-refractivity contribution >= 4 is 0 Å². The first-order valence-corrected chi connectivity index (χ1v) is 10.7. The highest BCUT2D eigenvalue weighted by Gasteiger charge is 2.25. The Morgan fingerprint density at radius 2 is 1.59 bits per heavy atom. The minimum absolute atomic E-state index is 0.597. The Balaban J connectivity index is 1.28. The van der Waals surface area contributed by atoms with Gasteiger partial charge in [0.1, 0.15) is 32.7 Å². The van der Waals surface area contributed by atoms with E-state index in [4.69, 9.17) is 4.42 Å². The molecule has 0 unspecified atom stereocenters. The third-order valence-electron chi connectivity index (χ3n) is 5.90. The minimum atomic E-state index is 0.597. The first kappa shape index (κ1) is 19.8. The molecule has 5 nitrogen and oxygen atoms in total. The Hall–Kier alpha value is -2.50. The summed E-state index contributed by atoms with van der Waals surface area (Å²) in [4.78, 5) is 3.19. The highest BCUT2D eigenvalue weighted by Crippen LogP contribution is 2.18. The number of aryl methyl sites for hydroxylation is 1. The standard InChI is InChI=1S/C24H30N4O/c1-18(2)21-9-7-20(8-10-21)16-27-11-13-28(14-12-27)17-23-25-26-24(29-23)22-6-4-5-19(3)15-22/h4-10,15,18H,11-14,16-17H2,1-3H3/p+2. The van der Waals surface area contributed by atoms with Crippen LogP contribution in [-0.4, -0.2) is 36.4 Å². The second kappa shape index (κ2) is 8.89. The van der Waals surface area contributed by atoms with Crippen molar-refractivity contribution in [1.82, 2.24) is 10.2 Å². The zero-order chi connectivity index (χ0) is 20.2. The fourth-order valence-corrected chi connectivity index (χ4v) is 4.05. The predicted octanol–water partition coefficient (Wildman–Crippen LogP) is 1.65. The number of nitrogens with zero attached hydrogens (tertiary/aromatic N) is 2. The van der Waals surface area contributed by atoms with Crippen molar-refractivity contribution in [2.45, 2.75) is 39.8 Å². The fourth-order valence-electron chi connectivity index (χ4n) is 4.05. The maximum Gasteiger partial charge on any atom is 0.271 e. The molecule has 1 aromatic heterocycles. The lowest BCUT2D eigenvalue weighted by atomic mass is 10.0. The van der Waals surface area contributed by atoms with Crippen LogP contribution in [0.4, 0.5) is 0 Å². The van der Waals surface area contributed by atoms with Crippen LogP contribution in [-0.2, 0) is 13.1 Å². The summed E-state index contributed by atoms with van der Waals surface area (Å²) in [6.45, 7) is 13.1. The van der Waals surface area contributed by atoms with Gasteiger partial charge in [0.05, 0.1) is 0 Å². The summed E-state index contributed by atoms with van der Waals surface area (Å²) >= 11 is 0. The molecule has 5 heteroatoms. The van der Waals surface area contributed by atoms with Crippen LogP contribution in [0.5, 0.6) is 0 Å². The monoisotopic (exact) mass is 392 g/mol. The largest absolute Gasteiger partial charge is 0.415 e. The first-order chi connectivity index (χ1) is 14.1. The molecule has 4 rings (SSSR count). The van der Waals surface area contributed by atoms with Gasteiger partial charge in [-0.3, -0.25) is 0 Å². The topological polar surface area (TPSA) is 47.8 Å². The molecule has 0 aliphatic carbocycles. The number of nitrogens with one attached hydrogen (secondary N) is 2. The van der Waals surface area contributed by atoms with Gasteiger partial charge >= 0.3 is 0 Å². The van der Waals surface area contributed by atoms with E-state index in [1.165, 1.54) is 34.7 Å². The van der Waals surface area contributed by atoms with Crippen LogP contribution in [0.25, 0.3) is 11.5 Å². The molecule has 0 radical (unpaired) electrons. The van der Waals surface area contributed by atoms with Crippen LogP contribution in [0.15, 0.2) is 52.9 Å². The summed E-state index contributed by atoms with van der Waals surface area (Å²) in [7, 11) is 0. The van der Waals surface area contributed by atoms with Crippen molar-refractivity contribution in [2.24, 2.45) is 0 Å². The molecule has 1 fully saturated rings. The van der Waals surface area contributed by atoms with Gasteiger partial charge in [-0.05, 0) is 30.5 Å². The van der Waals surface area contributed by atoms with Crippen molar-refractivity contribution in [2.75, 3.05) is 26.2 Å². The van der Waals surface area contributed by atoms with Crippen molar-refractivity contribution < 1.29 is 14.2 Å². The molecular weight excluding hydrogens is 360 g/mol. The highest BCUT2D eigenvalue weighted by molar-refractivity contribution is 5.53. The molecule has 2 N–H and O–H groups in total. The summed E-state index contributed by atoms with van der Waals surface area (Å²) in [6.07, 6.45) is 0. The average Bonchev–Trinajstić information content (AvgIpc) is 3.18. The molecule has 0 saturated carbocycles. The Kier molecular flexibility index (Phi) is 6.07. The number of quaternary nitrogens is 2. The van der Waals surface area contributed by atoms with Crippen LogP contribution >= 0.6 is 0 Å². The second-order valence-corrected chi connectivity index (χ2v) is 8.62. The van der Waals surface area contributed by atoms with E-state index in [9.17, 15) is 0 Å². The SMILES string of the molecule is Cc1cccc(-c2nnc(C[NH+]3CC[NH+](Cc4ccc(C(C)C)cc4)CC3)o2)c1. The van der Waals surface area contributed by atoms with Gasteiger partial charge in [0.25, 0.3) is 5.89 Å². The van der Waals surface area contributed by atoms with Crippen LogP contribution in [0, 0.1) is 6.92 Å². The molecular formula is C24H32N4O+2. The molecule has 1 aliphatic rings. The van der Waals surface area contributed by atoms with Crippen molar-refractivity contribution in [3.8, 4) is 11.5 Å². The Morgan fingerprint density at radius 1 is 0.897 bits per heavy atom. The summed E-state index contributed by atoms with van der Waals surface area (Å²) in [5, 5.41) is 8.53. The molecule has 2 aromatic carbocycles. The number of piperazine rings is 1. The number of aromatic nitrogens is 2. The zero-order valence-electron chi connectivity index (χ0n) is 17.7. The lowest BCUT2D eigenvalue weighted by Gasteiger charge is -2.29. The van der Waals surface area contributed by atoms with Crippen LogP contribution in [0.1, 0.15) is 42.3 Å². The second-order valence-electron chi connectivity index (χ2n) is 8.62. The number of rotatable bonds is 6. The van der Waals surface area contributed by atoms with Crippen LogP contribution in [0.2, 0.25) is 0 Å². The lowest BCUT2D eigenvalue weighted by molar-refractivity contribution is -1.02. The Labute approximate surface area is 173 Å². The van der Waals surface area contributed by atoms with Gasteiger partial charge in [0, 0.05) is 11.1 Å². The van der Waals surface area contributed by atoms with Crippen molar-refractivity contribution in [3.05, 3.63) is 71.1 Å². The lowest BCUT2D eigenvalue weighted by Crippen LogP contribution is -3.27. The van der Waals surface area contributed by atoms with Crippen molar-refractivity contribution in [1.29, 1.82) is 0 Å². The molecule has 2 heterocycles. The summed E-state index contributed by atoms with van der Waals surface area (Å²) < 4.78 is 5.93. The predicted molar refractivity (Wildman–Crippen MR) is 114 cm³/mol. The molecule has 1 aliphatic heterocycles. The van der Waals surface area contributed by atoms with Gasteiger partial charge in [-0.25, -0.2) is 0 Å². The maximum atomic E-state index is 5.93. The van der Waals surface area contributed by atoms with Gasteiger partial charge in [-0.1, -0.05) is 55.8 Å².